The molecular weight excluding hydrogens is 740 g/mol. The van der Waals surface area contributed by atoms with Crippen LogP contribution < -0.4 is 0 Å². The van der Waals surface area contributed by atoms with Gasteiger partial charge in [0.15, 0.2) is 18.9 Å². The van der Waals surface area contributed by atoms with Crippen molar-refractivity contribution in [3.63, 3.8) is 0 Å². The third kappa shape index (κ3) is 7.52. The quantitative estimate of drug-likeness (QED) is 0.258. The Morgan fingerprint density at radius 2 is 1.35 bits per heavy atom. The zero-order chi connectivity index (χ0) is 41.2. The highest BCUT2D eigenvalue weighted by atomic mass is 16.8. The number of aliphatic hydroxyl groups excluding tert-OH is 2. The average molecular weight is 811 g/mol. The van der Waals surface area contributed by atoms with Gasteiger partial charge in [0.2, 0.25) is 0 Å². The Labute approximate surface area is 338 Å². The van der Waals surface area contributed by atoms with Crippen LogP contribution in [0.3, 0.4) is 0 Å². The van der Waals surface area contributed by atoms with E-state index in [1.807, 2.05) is 13.8 Å². The Balaban J connectivity index is 0.965. The Morgan fingerprint density at radius 1 is 0.719 bits per heavy atom. The van der Waals surface area contributed by atoms with Crippen LogP contribution in [-0.2, 0) is 52.2 Å². The first-order valence-corrected chi connectivity index (χ1v) is 21.4. The molecule has 18 unspecified atom stereocenters. The van der Waals surface area contributed by atoms with Crippen LogP contribution in [-0.4, -0.2) is 147 Å². The third-order valence-electron chi connectivity index (χ3n) is 15.9. The molecule has 4 aliphatic carbocycles. The number of hydrogen-bond acceptors (Lipinski definition) is 14. The number of allylic oxidation sites excluding steroid dienone is 1. The number of Topliss-reactive ketones (excluding diaryl/α,β-unsaturated/α-hetero) is 1. The first-order valence-electron chi connectivity index (χ1n) is 21.4. The van der Waals surface area contributed by atoms with E-state index < -0.39 is 78.7 Å². The fraction of sp³-hybridized carbons (Fsp3) is 0.930. The van der Waals surface area contributed by atoms with Crippen LogP contribution >= 0.6 is 0 Å². The molecule has 3 heterocycles. The van der Waals surface area contributed by atoms with Crippen LogP contribution in [0.1, 0.15) is 99.3 Å². The molecule has 0 amide bonds. The van der Waals surface area contributed by atoms with Crippen LogP contribution in [0.4, 0.5) is 0 Å². The molecule has 326 valence electrons. The van der Waals surface area contributed by atoms with E-state index in [0.29, 0.717) is 19.3 Å². The minimum Gasteiger partial charge on any atom is -0.389 e. The van der Waals surface area contributed by atoms with Crippen LogP contribution in [0.25, 0.3) is 0 Å². The van der Waals surface area contributed by atoms with Crippen molar-refractivity contribution >= 4 is 5.78 Å². The van der Waals surface area contributed by atoms with Crippen molar-refractivity contribution in [1.29, 1.82) is 0 Å². The molecule has 3 saturated heterocycles. The van der Waals surface area contributed by atoms with Gasteiger partial charge in [-0.15, -0.1) is 0 Å². The maximum Gasteiger partial charge on any atom is 0.187 e. The lowest BCUT2D eigenvalue weighted by Crippen LogP contribution is -2.66. The van der Waals surface area contributed by atoms with Crippen molar-refractivity contribution in [3.05, 3.63) is 11.6 Å². The summed E-state index contributed by atoms with van der Waals surface area (Å²) >= 11 is 0. The first-order chi connectivity index (χ1) is 27.0. The van der Waals surface area contributed by atoms with Gasteiger partial charge in [-0.1, -0.05) is 25.5 Å². The fourth-order valence-corrected chi connectivity index (χ4v) is 12.7. The van der Waals surface area contributed by atoms with Gasteiger partial charge in [0.05, 0.1) is 48.3 Å². The molecule has 14 heteroatoms. The highest BCUT2D eigenvalue weighted by Crippen LogP contribution is 2.69. The predicted molar refractivity (Wildman–Crippen MR) is 205 cm³/mol. The highest BCUT2D eigenvalue weighted by molar-refractivity contribution is 5.80. The molecule has 0 aromatic carbocycles. The molecule has 7 rings (SSSR count). The normalized spacial score (nSPS) is 52.7. The van der Waals surface area contributed by atoms with Gasteiger partial charge < -0.3 is 62.7 Å². The standard InChI is InChI=1S/C43H70O14/c1-21(44)27-14-16-43(47)28-12-11-25-17-26(13-15-41(25,5)29(28)18-32(50-9)42(27,43)6)55-33-19-30(48-7)37(23(3)52-33)56-34-20-31(49-8)38(24(4)53-34)57-40-36(46)39(51-10)35(45)22(2)54-40/h17,22-24,26-40,45-47H,11-16,18-20H2,1-10H3/t22?,23?,24?,26?,27-,28?,29?,30?,31?,32?,33?,34?,35?,36?,37?,38?,39?,40?,41+,42+,43?/m1/s1. The predicted octanol–water partition coefficient (Wildman–Crippen LogP) is 3.83. The summed E-state index contributed by atoms with van der Waals surface area (Å²) in [5.41, 5.74) is -0.206. The number of rotatable bonds is 11. The molecule has 21 atom stereocenters. The van der Waals surface area contributed by atoms with Crippen LogP contribution in [0.5, 0.6) is 0 Å². The molecule has 3 aliphatic heterocycles. The Morgan fingerprint density at radius 3 is 1.95 bits per heavy atom. The second-order valence-electron chi connectivity index (χ2n) is 18.6. The molecule has 3 saturated carbocycles. The Kier molecular flexibility index (Phi) is 13.1. The molecule has 0 aromatic heterocycles. The van der Waals surface area contributed by atoms with E-state index >= 15 is 0 Å². The Hall–Kier alpha value is -1.11. The van der Waals surface area contributed by atoms with E-state index in [1.54, 1.807) is 35.2 Å². The van der Waals surface area contributed by atoms with Crippen molar-refractivity contribution in [2.45, 2.75) is 197 Å². The van der Waals surface area contributed by atoms with Crippen molar-refractivity contribution in [2.75, 3.05) is 28.4 Å². The zero-order valence-corrected chi connectivity index (χ0v) is 35.7. The lowest BCUT2D eigenvalue weighted by atomic mass is 9.44. The highest BCUT2D eigenvalue weighted by Gasteiger charge is 2.71. The summed E-state index contributed by atoms with van der Waals surface area (Å²) in [5, 5.41) is 33.8. The minimum atomic E-state index is -1.21. The number of carbonyl (C=O) groups excluding carboxylic acids is 1. The molecule has 0 radical (unpaired) electrons. The van der Waals surface area contributed by atoms with Gasteiger partial charge in [-0.25, -0.2) is 0 Å². The summed E-state index contributed by atoms with van der Waals surface area (Å²) in [6.45, 7) is 11.7. The molecule has 0 bridgehead atoms. The number of aliphatic hydroxyl groups is 3. The summed E-state index contributed by atoms with van der Waals surface area (Å²) in [6.07, 6.45) is 0.161. The lowest BCUT2D eigenvalue weighted by Gasteiger charge is -2.63. The monoisotopic (exact) mass is 810 g/mol. The van der Waals surface area contributed by atoms with Crippen LogP contribution in [0, 0.1) is 28.6 Å². The van der Waals surface area contributed by atoms with E-state index in [2.05, 4.69) is 19.9 Å². The fourth-order valence-electron chi connectivity index (χ4n) is 12.7. The topological polar surface area (TPSA) is 170 Å². The molecule has 0 aromatic rings. The third-order valence-corrected chi connectivity index (χ3v) is 15.9. The second kappa shape index (κ2) is 17.0. The largest absolute Gasteiger partial charge is 0.389 e. The van der Waals surface area contributed by atoms with Gasteiger partial charge in [0, 0.05) is 52.6 Å². The van der Waals surface area contributed by atoms with E-state index in [0.717, 1.165) is 38.5 Å². The molecule has 14 nitrogen and oxygen atoms in total. The molecule has 7 aliphatic rings. The smallest absolute Gasteiger partial charge is 0.187 e. The summed E-state index contributed by atoms with van der Waals surface area (Å²) in [4.78, 5) is 12.8. The lowest BCUT2D eigenvalue weighted by molar-refractivity contribution is -0.351. The number of hydrogen-bond donors (Lipinski definition) is 3. The summed E-state index contributed by atoms with van der Waals surface area (Å²) in [6, 6.07) is 0. The minimum absolute atomic E-state index is 0.0859. The average Bonchev–Trinajstić information content (AvgIpc) is 3.47. The van der Waals surface area contributed by atoms with E-state index in [4.69, 9.17) is 47.4 Å². The number of ketones is 1. The number of carbonyl (C=O) groups is 1. The molecular formula is C43H70O14. The van der Waals surface area contributed by atoms with Crippen molar-refractivity contribution in [1.82, 2.24) is 0 Å². The number of ether oxygens (including phenoxy) is 10. The number of methoxy groups -OCH3 is 4. The summed E-state index contributed by atoms with van der Waals surface area (Å²) in [7, 11) is 6.45. The second-order valence-corrected chi connectivity index (χ2v) is 18.6. The van der Waals surface area contributed by atoms with Crippen molar-refractivity contribution in [2.24, 2.45) is 28.6 Å². The Bertz CT molecular complexity index is 1450. The van der Waals surface area contributed by atoms with Crippen molar-refractivity contribution in [3.8, 4) is 0 Å². The van der Waals surface area contributed by atoms with Gasteiger partial charge in [-0.05, 0) is 89.9 Å². The molecule has 3 N–H and O–H groups in total. The van der Waals surface area contributed by atoms with Gasteiger partial charge >= 0.3 is 0 Å². The summed E-state index contributed by atoms with van der Waals surface area (Å²) in [5.74, 6) is 0.351. The maximum atomic E-state index is 12.8. The molecule has 57 heavy (non-hydrogen) atoms. The van der Waals surface area contributed by atoms with Gasteiger partial charge in [0.1, 0.15) is 36.3 Å². The van der Waals surface area contributed by atoms with Crippen molar-refractivity contribution < 1.29 is 67.5 Å². The van der Waals surface area contributed by atoms with Crippen LogP contribution in [0.2, 0.25) is 0 Å². The number of fused-ring (bicyclic) bond motifs is 5. The maximum absolute atomic E-state index is 12.8. The molecule has 0 spiro atoms. The molecule has 6 fully saturated rings. The van der Waals surface area contributed by atoms with E-state index in [1.165, 1.54) is 12.7 Å². The van der Waals surface area contributed by atoms with Gasteiger partial charge in [-0.3, -0.25) is 4.79 Å². The summed E-state index contributed by atoms with van der Waals surface area (Å²) < 4.78 is 61.5. The van der Waals surface area contributed by atoms with Gasteiger partial charge in [-0.2, -0.15) is 0 Å². The SMILES string of the molecule is COC1CC(OC2C=C3CCC4C(CC(OC)[C@]5(C)[C@@H](C(C)=O)CCC45O)[C@@]3(C)CC2)OC(C)C1OC1CC(OC)C(OC2OC(C)C(O)C(OC)C2O)C(C)O1. The van der Waals surface area contributed by atoms with Gasteiger partial charge in [0.25, 0.3) is 0 Å². The zero-order valence-electron chi connectivity index (χ0n) is 35.7. The van der Waals surface area contributed by atoms with E-state index in [9.17, 15) is 20.1 Å². The first kappa shape index (κ1) is 44.0. The van der Waals surface area contributed by atoms with E-state index in [-0.39, 0.29) is 53.4 Å². The van der Waals surface area contributed by atoms with Crippen LogP contribution in [0.15, 0.2) is 11.6 Å².